The molecule has 1 heterocycles. The molecular weight excluding hydrogens is 502 g/mol. The maximum absolute atomic E-state index is 9.16. The Balaban J connectivity index is 0.000000248. The molecule has 0 amide bonds. The summed E-state index contributed by atoms with van der Waals surface area (Å²) in [5.74, 6) is 4.26. The highest BCUT2D eigenvalue weighted by molar-refractivity contribution is 9.10. The predicted molar refractivity (Wildman–Crippen MR) is 132 cm³/mol. The van der Waals surface area contributed by atoms with Crippen LogP contribution in [-0.4, -0.2) is 35.2 Å². The maximum Gasteiger partial charge on any atom is 0.231 e. The summed E-state index contributed by atoms with van der Waals surface area (Å²) in [5.41, 5.74) is 2.43. The van der Waals surface area contributed by atoms with Gasteiger partial charge < -0.3 is 28.4 Å². The second-order valence-corrected chi connectivity index (χ2v) is 7.80. The summed E-state index contributed by atoms with van der Waals surface area (Å²) < 4.78 is 32.3. The van der Waals surface area contributed by atoms with Crippen molar-refractivity contribution >= 4 is 21.5 Å². The fraction of sp³-hybridized carbons (Fsp3) is 0.192. The molecule has 4 rings (SSSR count). The molecule has 176 valence electrons. The summed E-state index contributed by atoms with van der Waals surface area (Å²) in [4.78, 5) is 0. The van der Waals surface area contributed by atoms with Crippen molar-refractivity contribution in [3.05, 3.63) is 76.3 Å². The van der Waals surface area contributed by atoms with Crippen molar-refractivity contribution in [2.75, 3.05) is 35.2 Å². The van der Waals surface area contributed by atoms with Gasteiger partial charge in [-0.2, -0.15) is 5.26 Å². The molecule has 1 aliphatic rings. The van der Waals surface area contributed by atoms with Crippen LogP contribution in [0.3, 0.4) is 0 Å². The lowest BCUT2D eigenvalue weighted by molar-refractivity contribution is 0.174. The summed E-state index contributed by atoms with van der Waals surface area (Å²) in [6, 6.07) is 18.8. The third kappa shape index (κ3) is 6.15. The van der Waals surface area contributed by atoms with Crippen molar-refractivity contribution in [3.8, 4) is 40.6 Å². The lowest BCUT2D eigenvalue weighted by Crippen LogP contribution is -1.93. The first kappa shape index (κ1) is 24.8. The van der Waals surface area contributed by atoms with Gasteiger partial charge in [-0.15, -0.1) is 0 Å². The number of halogens is 1. The van der Waals surface area contributed by atoms with Gasteiger partial charge in [-0.25, -0.2) is 0 Å². The largest absolute Gasteiger partial charge is 0.497 e. The Morgan fingerprint density at radius 3 is 1.82 bits per heavy atom. The Hall–Kier alpha value is -3.83. The van der Waals surface area contributed by atoms with Crippen molar-refractivity contribution in [1.29, 1.82) is 5.26 Å². The van der Waals surface area contributed by atoms with Crippen LogP contribution in [0.25, 0.3) is 5.57 Å². The summed E-state index contributed by atoms with van der Waals surface area (Å²) in [6.45, 7) is 0.211. The number of nitrogens with zero attached hydrogens (tertiary/aromatic N) is 1. The number of nitriles is 1. The molecular formula is C26H24BrNO6. The monoisotopic (exact) mass is 525 g/mol. The van der Waals surface area contributed by atoms with Gasteiger partial charge in [0.15, 0.2) is 11.5 Å². The Kier molecular flexibility index (Phi) is 8.66. The maximum atomic E-state index is 9.16. The molecule has 3 aromatic rings. The molecule has 1 aliphatic heterocycles. The second-order valence-electron chi connectivity index (χ2n) is 6.89. The fourth-order valence-electron chi connectivity index (χ4n) is 3.20. The Morgan fingerprint density at radius 1 is 0.765 bits per heavy atom. The average Bonchev–Trinajstić information content (AvgIpc) is 3.34. The summed E-state index contributed by atoms with van der Waals surface area (Å²) in [7, 11) is 6.43. The molecule has 0 fully saturated rings. The van der Waals surface area contributed by atoms with Gasteiger partial charge in [-0.05, 0) is 53.1 Å². The smallest absolute Gasteiger partial charge is 0.231 e. The SMILES string of the molecule is COc1cc(Br)cc(OC)c1.COc1cc(OC)cc(C(=CC#N)c2ccc3c(c2)OCO3)c1. The van der Waals surface area contributed by atoms with E-state index in [1.54, 1.807) is 34.5 Å². The van der Waals surface area contributed by atoms with E-state index < -0.39 is 0 Å². The van der Waals surface area contributed by atoms with Crippen molar-refractivity contribution in [2.24, 2.45) is 0 Å². The zero-order valence-corrected chi connectivity index (χ0v) is 20.8. The molecule has 0 atom stereocenters. The van der Waals surface area contributed by atoms with Crippen LogP contribution < -0.4 is 28.4 Å². The van der Waals surface area contributed by atoms with Gasteiger partial charge in [0, 0.05) is 22.7 Å². The minimum Gasteiger partial charge on any atom is -0.497 e. The van der Waals surface area contributed by atoms with Crippen molar-refractivity contribution in [1.82, 2.24) is 0 Å². The zero-order valence-electron chi connectivity index (χ0n) is 19.3. The normalized spacial score (nSPS) is 11.6. The number of methoxy groups -OCH3 is 4. The van der Waals surface area contributed by atoms with Gasteiger partial charge in [0.05, 0.1) is 34.5 Å². The minimum absolute atomic E-state index is 0.211. The van der Waals surface area contributed by atoms with Gasteiger partial charge in [0.25, 0.3) is 0 Å². The van der Waals surface area contributed by atoms with Crippen molar-refractivity contribution in [3.63, 3.8) is 0 Å². The van der Waals surface area contributed by atoms with E-state index in [0.717, 1.165) is 32.7 Å². The van der Waals surface area contributed by atoms with Crippen molar-refractivity contribution in [2.45, 2.75) is 0 Å². The molecule has 3 aromatic carbocycles. The Morgan fingerprint density at radius 2 is 1.29 bits per heavy atom. The molecule has 0 radical (unpaired) electrons. The van der Waals surface area contributed by atoms with Crippen LogP contribution in [-0.2, 0) is 0 Å². The van der Waals surface area contributed by atoms with Crippen LogP contribution in [0.1, 0.15) is 11.1 Å². The molecule has 34 heavy (non-hydrogen) atoms. The summed E-state index contributed by atoms with van der Waals surface area (Å²) in [5, 5.41) is 9.16. The molecule has 8 heteroatoms. The molecule has 0 saturated carbocycles. The zero-order chi connectivity index (χ0) is 24.5. The predicted octanol–water partition coefficient (Wildman–Crippen LogP) is 5.85. The van der Waals surface area contributed by atoms with Gasteiger partial charge in [0.1, 0.15) is 23.0 Å². The average molecular weight is 526 g/mol. The first-order valence-corrected chi connectivity index (χ1v) is 10.9. The summed E-state index contributed by atoms with van der Waals surface area (Å²) in [6.07, 6.45) is 1.49. The van der Waals surface area contributed by atoms with Gasteiger partial charge >= 0.3 is 0 Å². The Bertz CT molecular complexity index is 1170. The van der Waals surface area contributed by atoms with Crippen LogP contribution >= 0.6 is 15.9 Å². The van der Waals surface area contributed by atoms with Crippen LogP contribution in [0.15, 0.2) is 65.1 Å². The number of ether oxygens (including phenoxy) is 6. The molecule has 0 saturated heterocycles. The van der Waals surface area contributed by atoms with E-state index in [1.807, 2.05) is 48.5 Å². The van der Waals surface area contributed by atoms with E-state index in [2.05, 4.69) is 22.0 Å². The number of fused-ring (bicyclic) bond motifs is 1. The molecule has 0 bridgehead atoms. The van der Waals surface area contributed by atoms with E-state index in [4.69, 9.17) is 33.7 Å². The van der Waals surface area contributed by atoms with Crippen LogP contribution in [0.2, 0.25) is 0 Å². The Labute approximate surface area is 207 Å². The van der Waals surface area contributed by atoms with Crippen molar-refractivity contribution < 1.29 is 28.4 Å². The third-order valence-corrected chi connectivity index (χ3v) is 5.33. The number of hydrogen-bond donors (Lipinski definition) is 0. The first-order chi connectivity index (χ1) is 16.5. The molecule has 0 N–H and O–H groups in total. The summed E-state index contributed by atoms with van der Waals surface area (Å²) >= 11 is 3.33. The fourth-order valence-corrected chi connectivity index (χ4v) is 3.65. The number of benzene rings is 3. The minimum atomic E-state index is 0.211. The highest BCUT2D eigenvalue weighted by Crippen LogP contribution is 2.37. The van der Waals surface area contributed by atoms with Crippen LogP contribution in [0.5, 0.6) is 34.5 Å². The first-order valence-electron chi connectivity index (χ1n) is 10.1. The lowest BCUT2D eigenvalue weighted by Gasteiger charge is -2.12. The molecule has 7 nitrogen and oxygen atoms in total. The molecule has 0 unspecified atom stereocenters. The van der Waals surface area contributed by atoms with Crippen LogP contribution in [0.4, 0.5) is 0 Å². The van der Waals surface area contributed by atoms with E-state index in [0.29, 0.717) is 23.0 Å². The molecule has 0 aliphatic carbocycles. The molecule has 0 aromatic heterocycles. The highest BCUT2D eigenvalue weighted by atomic mass is 79.9. The topological polar surface area (TPSA) is 79.2 Å². The lowest BCUT2D eigenvalue weighted by atomic mass is 9.97. The van der Waals surface area contributed by atoms with E-state index in [1.165, 1.54) is 6.08 Å². The van der Waals surface area contributed by atoms with Gasteiger partial charge in [-0.1, -0.05) is 22.0 Å². The number of hydrogen-bond acceptors (Lipinski definition) is 7. The van der Waals surface area contributed by atoms with Crippen LogP contribution in [0, 0.1) is 11.3 Å². The molecule has 0 spiro atoms. The third-order valence-electron chi connectivity index (χ3n) is 4.87. The number of allylic oxidation sites excluding steroid dienone is 1. The van der Waals surface area contributed by atoms with E-state index >= 15 is 0 Å². The van der Waals surface area contributed by atoms with E-state index in [-0.39, 0.29) is 6.79 Å². The number of rotatable bonds is 6. The van der Waals surface area contributed by atoms with Gasteiger partial charge in [-0.3, -0.25) is 0 Å². The quantitative estimate of drug-likeness (QED) is 0.373. The van der Waals surface area contributed by atoms with E-state index in [9.17, 15) is 0 Å². The standard InChI is InChI=1S/C18H15NO4.C8H9BrO2/c1-20-14-7-13(8-15(10-14)21-2)16(5-6-19)12-3-4-17-18(9-12)23-11-22-17;1-10-7-3-6(9)4-8(5-7)11-2/h3-5,7-10H,11H2,1-2H3;3-5H,1-2H3. The second kappa shape index (κ2) is 11.9. The van der Waals surface area contributed by atoms with Gasteiger partial charge in [0.2, 0.25) is 6.79 Å². The highest BCUT2D eigenvalue weighted by Gasteiger charge is 2.16.